The number of hydrogen-bond donors (Lipinski definition) is 2. The highest BCUT2D eigenvalue weighted by Crippen LogP contribution is 2.28. The molecule has 5 nitrogen and oxygen atoms in total. The number of nitrogens with one attached hydrogen (secondary N) is 2. The van der Waals surface area contributed by atoms with E-state index in [1.54, 1.807) is 7.11 Å². The maximum absolute atomic E-state index is 5.65. The van der Waals surface area contributed by atoms with Crippen LogP contribution in [0.1, 0.15) is 44.6 Å². The Morgan fingerprint density at radius 2 is 2.00 bits per heavy atom. The number of hydrogen-bond acceptors (Lipinski definition) is 3. The molecule has 140 valence electrons. The van der Waals surface area contributed by atoms with Crippen LogP contribution in [0.15, 0.2) is 29.3 Å². The van der Waals surface area contributed by atoms with E-state index in [1.807, 2.05) is 12.1 Å². The molecule has 0 radical (unpaired) electrons. The van der Waals surface area contributed by atoms with Gasteiger partial charge < -0.3 is 20.1 Å². The van der Waals surface area contributed by atoms with Crippen LogP contribution in [0.4, 0.5) is 0 Å². The molecule has 25 heavy (non-hydrogen) atoms. The van der Waals surface area contributed by atoms with Crippen LogP contribution in [0, 0.1) is 5.92 Å². The Bertz CT molecular complexity index is 512. The van der Waals surface area contributed by atoms with E-state index in [1.165, 1.54) is 18.4 Å². The molecule has 0 aromatic heterocycles. The van der Waals surface area contributed by atoms with Crippen LogP contribution in [0.3, 0.4) is 0 Å². The maximum atomic E-state index is 5.65. The van der Waals surface area contributed by atoms with Gasteiger partial charge in [0.25, 0.3) is 0 Å². The minimum atomic E-state index is 0.472. The van der Waals surface area contributed by atoms with Gasteiger partial charge in [-0.1, -0.05) is 19.1 Å². The molecule has 0 aliphatic heterocycles. The molecule has 2 N–H and O–H groups in total. The van der Waals surface area contributed by atoms with Crippen LogP contribution in [-0.2, 0) is 4.74 Å². The Labute approximate surface area is 152 Å². The number of ether oxygens (including phenoxy) is 2. The van der Waals surface area contributed by atoms with Crippen molar-refractivity contribution in [2.75, 3.05) is 40.0 Å². The Morgan fingerprint density at radius 1 is 1.24 bits per heavy atom. The first kappa shape index (κ1) is 19.6. The monoisotopic (exact) mass is 347 g/mol. The van der Waals surface area contributed by atoms with Crippen LogP contribution in [-0.4, -0.2) is 45.9 Å². The molecule has 1 atom stereocenters. The Kier molecular flexibility index (Phi) is 8.60. The summed E-state index contributed by atoms with van der Waals surface area (Å²) in [4.78, 5) is 4.67. The Hall–Kier alpha value is -1.75. The van der Waals surface area contributed by atoms with E-state index in [2.05, 4.69) is 41.6 Å². The van der Waals surface area contributed by atoms with E-state index in [9.17, 15) is 0 Å². The quantitative estimate of drug-likeness (QED) is 0.367. The van der Waals surface area contributed by atoms with Crippen LogP contribution >= 0.6 is 0 Å². The van der Waals surface area contributed by atoms with Gasteiger partial charge in [0.05, 0.1) is 13.7 Å². The van der Waals surface area contributed by atoms with E-state index in [4.69, 9.17) is 9.47 Å². The molecule has 1 aromatic rings. The van der Waals surface area contributed by atoms with E-state index in [0.29, 0.717) is 5.92 Å². The predicted molar refractivity (Wildman–Crippen MR) is 104 cm³/mol. The number of rotatable bonds is 11. The lowest BCUT2D eigenvalue weighted by Crippen LogP contribution is -2.39. The van der Waals surface area contributed by atoms with Gasteiger partial charge in [-0.05, 0) is 55.7 Å². The number of aliphatic imine (C=N–C) groups is 1. The summed E-state index contributed by atoms with van der Waals surface area (Å²) >= 11 is 0. The van der Waals surface area contributed by atoms with E-state index in [-0.39, 0.29) is 0 Å². The topological polar surface area (TPSA) is 54.9 Å². The maximum Gasteiger partial charge on any atom is 0.191 e. The molecule has 1 fully saturated rings. The fraction of sp³-hybridized carbons (Fsp3) is 0.650. The molecule has 0 heterocycles. The second-order valence-corrected chi connectivity index (χ2v) is 6.67. The van der Waals surface area contributed by atoms with Gasteiger partial charge in [-0.15, -0.1) is 0 Å². The van der Waals surface area contributed by atoms with Crippen molar-refractivity contribution in [1.29, 1.82) is 0 Å². The predicted octanol–water partition coefficient (Wildman–Crippen LogP) is 3.17. The minimum Gasteiger partial charge on any atom is -0.497 e. The zero-order valence-electron chi connectivity index (χ0n) is 15.9. The minimum absolute atomic E-state index is 0.472. The zero-order chi connectivity index (χ0) is 17.9. The van der Waals surface area contributed by atoms with E-state index >= 15 is 0 Å². The lowest BCUT2D eigenvalue weighted by molar-refractivity contribution is 0.129. The summed E-state index contributed by atoms with van der Waals surface area (Å²) in [6.45, 7) is 8.43. The molecule has 0 amide bonds. The highest BCUT2D eigenvalue weighted by atomic mass is 16.5. The summed E-state index contributed by atoms with van der Waals surface area (Å²) in [7, 11) is 1.69. The molecule has 2 rings (SSSR count). The second kappa shape index (κ2) is 11.0. The van der Waals surface area contributed by atoms with E-state index in [0.717, 1.165) is 56.9 Å². The third-order valence-corrected chi connectivity index (χ3v) is 4.45. The molecule has 1 saturated carbocycles. The fourth-order valence-corrected chi connectivity index (χ4v) is 2.59. The van der Waals surface area contributed by atoms with Gasteiger partial charge in [0.2, 0.25) is 0 Å². The number of guanidine groups is 1. The van der Waals surface area contributed by atoms with Gasteiger partial charge in [-0.25, -0.2) is 0 Å². The highest BCUT2D eigenvalue weighted by Gasteiger charge is 2.20. The summed E-state index contributed by atoms with van der Waals surface area (Å²) in [5, 5.41) is 6.63. The van der Waals surface area contributed by atoms with Gasteiger partial charge in [0.1, 0.15) is 5.75 Å². The van der Waals surface area contributed by atoms with Crippen molar-refractivity contribution in [3.63, 3.8) is 0 Å². The molecule has 0 saturated heterocycles. The number of methoxy groups -OCH3 is 1. The number of nitrogens with zero attached hydrogens (tertiary/aromatic N) is 1. The van der Waals surface area contributed by atoms with Gasteiger partial charge >= 0.3 is 0 Å². The molecule has 1 aromatic carbocycles. The van der Waals surface area contributed by atoms with Crippen LogP contribution in [0.5, 0.6) is 5.75 Å². The van der Waals surface area contributed by atoms with Gasteiger partial charge in [0, 0.05) is 26.2 Å². The number of benzene rings is 1. The van der Waals surface area contributed by atoms with Gasteiger partial charge in [-0.3, -0.25) is 4.99 Å². The molecular weight excluding hydrogens is 314 g/mol. The summed E-state index contributed by atoms with van der Waals surface area (Å²) < 4.78 is 10.9. The van der Waals surface area contributed by atoms with Crippen molar-refractivity contribution in [2.45, 2.75) is 39.0 Å². The van der Waals surface area contributed by atoms with Crippen LogP contribution < -0.4 is 15.4 Å². The zero-order valence-corrected chi connectivity index (χ0v) is 15.9. The van der Waals surface area contributed by atoms with Crippen molar-refractivity contribution in [2.24, 2.45) is 10.9 Å². The first-order valence-corrected chi connectivity index (χ1v) is 9.46. The summed E-state index contributed by atoms with van der Waals surface area (Å²) in [5.74, 6) is 3.07. The smallest absolute Gasteiger partial charge is 0.191 e. The van der Waals surface area contributed by atoms with E-state index < -0.39 is 0 Å². The average Bonchev–Trinajstić information content (AvgIpc) is 3.45. The van der Waals surface area contributed by atoms with Crippen molar-refractivity contribution < 1.29 is 9.47 Å². The summed E-state index contributed by atoms with van der Waals surface area (Å²) in [6.07, 6.45) is 3.69. The molecule has 1 aliphatic rings. The van der Waals surface area contributed by atoms with Gasteiger partial charge in [0.15, 0.2) is 5.96 Å². The van der Waals surface area contributed by atoms with Crippen molar-refractivity contribution >= 4 is 5.96 Å². The Morgan fingerprint density at radius 3 is 2.64 bits per heavy atom. The fourth-order valence-electron chi connectivity index (χ4n) is 2.59. The van der Waals surface area contributed by atoms with Crippen LogP contribution in [0.25, 0.3) is 0 Å². The molecule has 1 aliphatic carbocycles. The first-order chi connectivity index (χ1) is 12.2. The lowest BCUT2D eigenvalue weighted by atomic mass is 9.98. The second-order valence-electron chi connectivity index (χ2n) is 6.67. The van der Waals surface area contributed by atoms with Crippen LogP contribution in [0.2, 0.25) is 0 Å². The normalized spacial score (nSPS) is 15.7. The van der Waals surface area contributed by atoms with Crippen molar-refractivity contribution in [3.05, 3.63) is 29.8 Å². The van der Waals surface area contributed by atoms with Gasteiger partial charge in [-0.2, -0.15) is 0 Å². The standard InChI is InChI=1S/C20H33N3O2/c1-4-21-20(23-13-14-25-15-17-5-6-17)22-12-11-16(2)18-7-9-19(24-3)10-8-18/h7-10,16-17H,4-6,11-15H2,1-3H3,(H2,21,22,23). The largest absolute Gasteiger partial charge is 0.497 e. The third kappa shape index (κ3) is 7.78. The summed E-state index contributed by atoms with van der Waals surface area (Å²) in [5.41, 5.74) is 1.32. The molecule has 5 heteroatoms. The molecule has 0 spiro atoms. The molecule has 1 unspecified atom stereocenters. The Balaban J connectivity index is 1.68. The lowest BCUT2D eigenvalue weighted by Gasteiger charge is -2.13. The summed E-state index contributed by atoms with van der Waals surface area (Å²) in [6, 6.07) is 8.30. The highest BCUT2D eigenvalue weighted by molar-refractivity contribution is 5.79. The average molecular weight is 348 g/mol. The SMILES string of the molecule is CCNC(=NCCC(C)c1ccc(OC)cc1)NCCOCC1CC1. The molecule has 0 bridgehead atoms. The molecular formula is C20H33N3O2. The third-order valence-electron chi connectivity index (χ3n) is 4.45. The van der Waals surface area contributed by atoms with Crippen molar-refractivity contribution in [1.82, 2.24) is 10.6 Å². The first-order valence-electron chi connectivity index (χ1n) is 9.46. The van der Waals surface area contributed by atoms with Crippen molar-refractivity contribution in [3.8, 4) is 5.75 Å².